The van der Waals surface area contributed by atoms with E-state index in [-0.39, 0.29) is 23.2 Å². The van der Waals surface area contributed by atoms with Crippen molar-refractivity contribution in [1.82, 2.24) is 0 Å². The Balaban J connectivity index is 2.78. The smallest absolute Gasteiger partial charge is 0.292 e. The molecule has 104 valence electrons. The molecule has 1 atom stereocenters. The molecule has 19 heavy (non-hydrogen) atoms. The number of unbranched alkanes of at least 4 members (excludes halogenated alkanes) is 1. The molecule has 1 amide bonds. The number of nitro groups is 1. The minimum Gasteiger partial charge on any atom is -0.320 e. The van der Waals surface area contributed by atoms with E-state index >= 15 is 0 Å². The summed E-state index contributed by atoms with van der Waals surface area (Å²) in [6, 6.07) is 6.21. The van der Waals surface area contributed by atoms with Crippen molar-refractivity contribution in [2.45, 2.75) is 39.5 Å². The van der Waals surface area contributed by atoms with Crippen LogP contribution in [0.5, 0.6) is 0 Å². The van der Waals surface area contributed by atoms with E-state index < -0.39 is 4.92 Å². The molecule has 0 aromatic heterocycles. The van der Waals surface area contributed by atoms with Crippen molar-refractivity contribution < 1.29 is 9.72 Å². The zero-order valence-corrected chi connectivity index (χ0v) is 11.4. The minimum absolute atomic E-state index is 0.0683. The third kappa shape index (κ3) is 4.35. The summed E-state index contributed by atoms with van der Waals surface area (Å²) in [7, 11) is 0. The molecule has 1 aromatic rings. The van der Waals surface area contributed by atoms with Crippen LogP contribution < -0.4 is 5.32 Å². The summed E-state index contributed by atoms with van der Waals surface area (Å²) in [4.78, 5) is 22.5. The average molecular weight is 264 g/mol. The van der Waals surface area contributed by atoms with Crippen LogP contribution in [0.3, 0.4) is 0 Å². The van der Waals surface area contributed by atoms with Crippen LogP contribution in [0.4, 0.5) is 11.4 Å². The van der Waals surface area contributed by atoms with Gasteiger partial charge >= 0.3 is 0 Å². The van der Waals surface area contributed by atoms with Crippen molar-refractivity contribution >= 4 is 17.3 Å². The second-order valence-electron chi connectivity index (χ2n) is 4.51. The highest BCUT2D eigenvalue weighted by atomic mass is 16.6. The Morgan fingerprint density at radius 2 is 2.05 bits per heavy atom. The average Bonchev–Trinajstić information content (AvgIpc) is 2.40. The molecule has 0 spiro atoms. The number of nitrogens with one attached hydrogen (secondary N) is 1. The van der Waals surface area contributed by atoms with Gasteiger partial charge in [-0.3, -0.25) is 14.9 Å². The van der Waals surface area contributed by atoms with E-state index in [2.05, 4.69) is 12.2 Å². The van der Waals surface area contributed by atoms with Crippen molar-refractivity contribution in [3.05, 3.63) is 34.4 Å². The fourth-order valence-corrected chi connectivity index (χ4v) is 1.94. The first kappa shape index (κ1) is 15.1. The number of hydrogen-bond acceptors (Lipinski definition) is 3. The second kappa shape index (κ2) is 7.51. The third-order valence-electron chi connectivity index (χ3n) is 3.13. The highest BCUT2D eigenvalue weighted by Crippen LogP contribution is 2.24. The van der Waals surface area contributed by atoms with Gasteiger partial charge in [0.2, 0.25) is 5.91 Å². The Kier molecular flexibility index (Phi) is 5.99. The molecule has 1 rings (SSSR count). The van der Waals surface area contributed by atoms with E-state index in [1.54, 1.807) is 18.2 Å². The number of nitro benzene ring substituents is 1. The lowest BCUT2D eigenvalue weighted by Gasteiger charge is -2.14. The molecule has 0 saturated carbocycles. The topological polar surface area (TPSA) is 72.2 Å². The molecular formula is C14H20N2O3. The van der Waals surface area contributed by atoms with Crippen LogP contribution in [0.1, 0.15) is 39.5 Å². The van der Waals surface area contributed by atoms with Crippen LogP contribution in [0.15, 0.2) is 24.3 Å². The van der Waals surface area contributed by atoms with Gasteiger partial charge in [0.25, 0.3) is 5.69 Å². The van der Waals surface area contributed by atoms with Gasteiger partial charge in [-0.25, -0.2) is 0 Å². The number of benzene rings is 1. The zero-order valence-electron chi connectivity index (χ0n) is 11.4. The highest BCUT2D eigenvalue weighted by Gasteiger charge is 2.20. The van der Waals surface area contributed by atoms with Gasteiger partial charge in [0, 0.05) is 12.0 Å². The molecule has 0 fully saturated rings. The number of carbonyl (C=O) groups excluding carboxylic acids is 1. The lowest BCUT2D eigenvalue weighted by atomic mass is 9.98. The lowest BCUT2D eigenvalue weighted by molar-refractivity contribution is -0.383. The van der Waals surface area contributed by atoms with E-state index in [9.17, 15) is 14.9 Å². The van der Waals surface area contributed by atoms with Gasteiger partial charge in [-0.1, -0.05) is 38.8 Å². The molecule has 1 N–H and O–H groups in total. The van der Waals surface area contributed by atoms with E-state index in [0.29, 0.717) is 0 Å². The first-order chi connectivity index (χ1) is 9.10. The van der Waals surface area contributed by atoms with E-state index in [1.807, 2.05) is 6.92 Å². The number of carbonyl (C=O) groups is 1. The number of amides is 1. The third-order valence-corrected chi connectivity index (χ3v) is 3.13. The van der Waals surface area contributed by atoms with Crippen LogP contribution in [-0.2, 0) is 4.79 Å². The van der Waals surface area contributed by atoms with Crippen molar-refractivity contribution in [2.24, 2.45) is 5.92 Å². The summed E-state index contributed by atoms with van der Waals surface area (Å²) < 4.78 is 0. The molecule has 0 unspecified atom stereocenters. The summed E-state index contributed by atoms with van der Waals surface area (Å²) in [6.45, 7) is 4.03. The maximum absolute atomic E-state index is 12.1. The van der Waals surface area contributed by atoms with Crippen LogP contribution in [0.2, 0.25) is 0 Å². The summed E-state index contributed by atoms with van der Waals surface area (Å²) in [5, 5.41) is 13.5. The van der Waals surface area contributed by atoms with Gasteiger partial charge in [-0.2, -0.15) is 0 Å². The van der Waals surface area contributed by atoms with E-state index in [1.165, 1.54) is 6.07 Å². The maximum Gasteiger partial charge on any atom is 0.292 e. The second-order valence-corrected chi connectivity index (χ2v) is 4.51. The number of rotatable bonds is 7. The zero-order chi connectivity index (χ0) is 14.3. The predicted octanol–water partition coefficient (Wildman–Crippen LogP) is 3.75. The van der Waals surface area contributed by atoms with Gasteiger partial charge in [-0.05, 0) is 18.9 Å². The van der Waals surface area contributed by atoms with Gasteiger partial charge < -0.3 is 5.32 Å². The standard InChI is InChI=1S/C14H20N2O3/c1-3-5-8-11(4-2)14(17)15-12-9-6-7-10-13(12)16(18)19/h6-7,9-11H,3-5,8H2,1-2H3,(H,15,17)/t11-/m1/s1. The van der Waals surface area contributed by atoms with Gasteiger partial charge in [0.1, 0.15) is 5.69 Å². The first-order valence-electron chi connectivity index (χ1n) is 6.64. The summed E-state index contributed by atoms with van der Waals surface area (Å²) >= 11 is 0. The van der Waals surface area contributed by atoms with E-state index in [4.69, 9.17) is 0 Å². The van der Waals surface area contributed by atoms with Crippen LogP contribution in [-0.4, -0.2) is 10.8 Å². The molecule has 5 nitrogen and oxygen atoms in total. The first-order valence-corrected chi connectivity index (χ1v) is 6.64. The highest BCUT2D eigenvalue weighted by molar-refractivity contribution is 5.94. The fourth-order valence-electron chi connectivity index (χ4n) is 1.94. The molecular weight excluding hydrogens is 244 g/mol. The van der Waals surface area contributed by atoms with Gasteiger partial charge in [0.05, 0.1) is 4.92 Å². The van der Waals surface area contributed by atoms with Crippen LogP contribution in [0, 0.1) is 16.0 Å². The predicted molar refractivity (Wildman–Crippen MR) is 75.0 cm³/mol. The molecule has 0 saturated heterocycles. The van der Waals surface area contributed by atoms with Crippen molar-refractivity contribution in [1.29, 1.82) is 0 Å². The number of hydrogen-bond donors (Lipinski definition) is 1. The number of nitrogens with zero attached hydrogens (tertiary/aromatic N) is 1. The lowest BCUT2D eigenvalue weighted by Crippen LogP contribution is -2.22. The molecule has 0 radical (unpaired) electrons. The molecule has 0 aliphatic rings. The van der Waals surface area contributed by atoms with Gasteiger partial charge in [-0.15, -0.1) is 0 Å². The number of para-hydroxylation sites is 2. The summed E-state index contributed by atoms with van der Waals surface area (Å²) in [6.07, 6.45) is 3.59. The largest absolute Gasteiger partial charge is 0.320 e. The van der Waals surface area contributed by atoms with E-state index in [0.717, 1.165) is 25.7 Å². The molecule has 1 aromatic carbocycles. The van der Waals surface area contributed by atoms with Crippen molar-refractivity contribution in [3.8, 4) is 0 Å². The fraction of sp³-hybridized carbons (Fsp3) is 0.500. The summed E-state index contributed by atoms with van der Waals surface area (Å²) in [5.41, 5.74) is 0.202. The molecule has 0 aliphatic heterocycles. The normalized spacial score (nSPS) is 11.9. The minimum atomic E-state index is -0.484. The molecule has 0 bridgehead atoms. The Morgan fingerprint density at radius 1 is 1.37 bits per heavy atom. The van der Waals surface area contributed by atoms with Gasteiger partial charge in [0.15, 0.2) is 0 Å². The van der Waals surface area contributed by atoms with Crippen LogP contribution in [0.25, 0.3) is 0 Å². The summed E-state index contributed by atoms with van der Waals surface area (Å²) in [5.74, 6) is -0.218. The molecule has 0 aliphatic carbocycles. The Morgan fingerprint density at radius 3 is 2.63 bits per heavy atom. The Labute approximate surface area is 113 Å². The Bertz CT molecular complexity index is 446. The quantitative estimate of drug-likeness (QED) is 0.602. The monoisotopic (exact) mass is 264 g/mol. The Hall–Kier alpha value is -1.91. The molecule has 5 heteroatoms. The SMILES string of the molecule is CCCC[C@@H](CC)C(=O)Nc1ccccc1[N+](=O)[O-]. The molecule has 0 heterocycles. The van der Waals surface area contributed by atoms with Crippen molar-refractivity contribution in [2.75, 3.05) is 5.32 Å². The van der Waals surface area contributed by atoms with Crippen molar-refractivity contribution in [3.63, 3.8) is 0 Å². The number of anilines is 1. The van der Waals surface area contributed by atoms with Crippen LogP contribution >= 0.6 is 0 Å². The maximum atomic E-state index is 12.1.